The fourth-order valence-electron chi connectivity index (χ4n) is 3.50. The van der Waals surface area contributed by atoms with E-state index in [0.717, 1.165) is 25.7 Å². The summed E-state index contributed by atoms with van der Waals surface area (Å²) in [5, 5.41) is 0. The minimum Gasteiger partial charge on any atom is -0.465 e. The first-order chi connectivity index (χ1) is 9.21. The number of allylic oxidation sites excluding steroid dienone is 1. The van der Waals surface area contributed by atoms with Crippen LogP contribution in [0.25, 0.3) is 0 Å². The molecule has 0 unspecified atom stereocenters. The van der Waals surface area contributed by atoms with Crippen molar-refractivity contribution in [3.8, 4) is 0 Å². The van der Waals surface area contributed by atoms with E-state index in [1.54, 1.807) is 0 Å². The van der Waals surface area contributed by atoms with E-state index in [1.807, 2.05) is 6.92 Å². The first-order valence-electron chi connectivity index (χ1n) is 7.14. The third-order valence-electron chi connectivity index (χ3n) is 4.79. The van der Waals surface area contributed by atoms with Gasteiger partial charge in [-0.3, -0.25) is 4.79 Å². The van der Waals surface area contributed by atoms with Gasteiger partial charge in [-0.2, -0.15) is 0 Å². The topological polar surface area (TPSA) is 26.3 Å². The van der Waals surface area contributed by atoms with Gasteiger partial charge in [0.25, 0.3) is 0 Å². The van der Waals surface area contributed by atoms with Crippen molar-refractivity contribution in [1.82, 2.24) is 0 Å². The lowest BCUT2D eigenvalue weighted by Gasteiger charge is -2.47. The molecule has 0 amide bonds. The molecule has 0 aliphatic heterocycles. The van der Waals surface area contributed by atoms with Gasteiger partial charge in [-0.15, -0.1) is 0 Å². The number of ether oxygens (including phenoxy) is 1. The Hall–Kier alpha value is -1.57. The number of hydrogen-bond acceptors (Lipinski definition) is 2. The molecule has 2 nitrogen and oxygen atoms in total. The molecule has 1 saturated carbocycles. The Morgan fingerprint density at radius 3 is 2.32 bits per heavy atom. The van der Waals surface area contributed by atoms with E-state index in [4.69, 9.17) is 4.74 Å². The summed E-state index contributed by atoms with van der Waals surface area (Å²) in [6.45, 7) is 2.34. The normalized spacial score (nSPS) is 32.3. The molecule has 0 aromatic heterocycles. The number of hydrogen-bond donors (Lipinski definition) is 0. The maximum Gasteiger partial charge on any atom is 0.315 e. The molecule has 0 spiro atoms. The smallest absolute Gasteiger partial charge is 0.315 e. The maximum atomic E-state index is 12.1. The first-order valence-corrected chi connectivity index (χ1v) is 7.14. The molecule has 1 fully saturated rings. The van der Waals surface area contributed by atoms with Crippen LogP contribution in [0.3, 0.4) is 0 Å². The summed E-state index contributed by atoms with van der Waals surface area (Å²) >= 11 is 0. The van der Waals surface area contributed by atoms with E-state index in [2.05, 4.69) is 42.5 Å². The molecule has 100 valence electrons. The summed E-state index contributed by atoms with van der Waals surface area (Å²) < 4.78 is 5.25. The number of carbonyl (C=O) groups excluding carboxylic acids is 1. The zero-order chi connectivity index (χ0) is 13.3. The molecule has 3 aliphatic rings. The van der Waals surface area contributed by atoms with Crippen LogP contribution in [-0.2, 0) is 14.9 Å². The van der Waals surface area contributed by atoms with Crippen LogP contribution in [0.15, 0.2) is 42.5 Å². The van der Waals surface area contributed by atoms with Crippen molar-refractivity contribution < 1.29 is 9.53 Å². The predicted octanol–water partition coefficient (Wildman–Crippen LogP) is 3.62. The van der Waals surface area contributed by atoms with Gasteiger partial charge >= 0.3 is 5.97 Å². The summed E-state index contributed by atoms with van der Waals surface area (Å²) in [7, 11) is 0. The van der Waals surface area contributed by atoms with Crippen molar-refractivity contribution in [3.63, 3.8) is 0 Å². The highest BCUT2D eigenvalue weighted by atomic mass is 16.5. The molecule has 2 bridgehead atoms. The van der Waals surface area contributed by atoms with Gasteiger partial charge in [0.15, 0.2) is 0 Å². The Morgan fingerprint density at radius 2 is 1.79 bits per heavy atom. The Labute approximate surface area is 114 Å². The van der Waals surface area contributed by atoms with Crippen LogP contribution in [-0.4, -0.2) is 12.6 Å². The zero-order valence-electron chi connectivity index (χ0n) is 11.4. The molecular formula is C17H20O2. The molecule has 0 N–H and O–H groups in total. The first kappa shape index (κ1) is 12.5. The molecule has 0 saturated heterocycles. The quantitative estimate of drug-likeness (QED) is 0.610. The van der Waals surface area contributed by atoms with Crippen molar-refractivity contribution in [2.24, 2.45) is 5.41 Å². The average Bonchev–Trinajstić information content (AvgIpc) is 2.50. The standard InChI is InChI=1S/C17H20O2/c1-2-19-15(18)17-11-8-16(9-12-17,10-13-17)14-6-4-3-5-7-14/h3-8,11H,2,9-10,12-13H2,1H3. The number of fused-ring (bicyclic) bond motifs is 2. The molecule has 19 heavy (non-hydrogen) atoms. The minimum absolute atomic E-state index is 0.0346. The van der Waals surface area contributed by atoms with Crippen molar-refractivity contribution in [2.75, 3.05) is 6.61 Å². The fraction of sp³-hybridized carbons (Fsp3) is 0.471. The van der Waals surface area contributed by atoms with E-state index in [1.165, 1.54) is 5.56 Å². The molecule has 0 heterocycles. The van der Waals surface area contributed by atoms with E-state index in [-0.39, 0.29) is 16.8 Å². The number of esters is 1. The van der Waals surface area contributed by atoms with Crippen LogP contribution in [0.1, 0.15) is 38.2 Å². The van der Waals surface area contributed by atoms with E-state index in [0.29, 0.717) is 6.61 Å². The Bertz CT molecular complexity index is 493. The largest absolute Gasteiger partial charge is 0.465 e. The summed E-state index contributed by atoms with van der Waals surface area (Å²) in [4.78, 5) is 12.1. The van der Waals surface area contributed by atoms with Crippen molar-refractivity contribution in [3.05, 3.63) is 48.0 Å². The summed E-state index contributed by atoms with van der Waals surface area (Å²) in [6.07, 6.45) is 8.30. The van der Waals surface area contributed by atoms with Crippen LogP contribution < -0.4 is 0 Å². The van der Waals surface area contributed by atoms with E-state index >= 15 is 0 Å². The molecule has 2 heteroatoms. The second kappa shape index (κ2) is 4.52. The highest BCUT2D eigenvalue weighted by molar-refractivity contribution is 5.80. The highest BCUT2D eigenvalue weighted by Gasteiger charge is 2.50. The lowest BCUT2D eigenvalue weighted by atomic mass is 9.56. The summed E-state index contributed by atoms with van der Waals surface area (Å²) in [5.74, 6) is -0.0346. The van der Waals surface area contributed by atoms with Gasteiger partial charge in [-0.05, 0) is 38.2 Å². The van der Waals surface area contributed by atoms with Crippen LogP contribution in [0.2, 0.25) is 0 Å². The van der Waals surface area contributed by atoms with Gasteiger partial charge in [0.05, 0.1) is 12.0 Å². The molecule has 1 aromatic rings. The van der Waals surface area contributed by atoms with Gasteiger partial charge in [-0.1, -0.05) is 42.5 Å². The maximum absolute atomic E-state index is 12.1. The number of benzene rings is 1. The Morgan fingerprint density at radius 1 is 1.11 bits per heavy atom. The van der Waals surface area contributed by atoms with Crippen LogP contribution in [0, 0.1) is 5.41 Å². The monoisotopic (exact) mass is 256 g/mol. The predicted molar refractivity (Wildman–Crippen MR) is 74.8 cm³/mol. The van der Waals surface area contributed by atoms with Crippen molar-refractivity contribution >= 4 is 5.97 Å². The molecule has 0 atom stereocenters. The lowest BCUT2D eigenvalue weighted by molar-refractivity contribution is -0.155. The van der Waals surface area contributed by atoms with Crippen LogP contribution in [0.5, 0.6) is 0 Å². The zero-order valence-corrected chi connectivity index (χ0v) is 11.4. The van der Waals surface area contributed by atoms with E-state index < -0.39 is 0 Å². The molecular weight excluding hydrogens is 236 g/mol. The lowest BCUT2D eigenvalue weighted by Crippen LogP contribution is -2.44. The highest BCUT2D eigenvalue weighted by Crippen LogP contribution is 2.53. The minimum atomic E-state index is -0.341. The Kier molecular flexibility index (Phi) is 2.96. The number of rotatable bonds is 3. The third-order valence-corrected chi connectivity index (χ3v) is 4.79. The molecule has 1 aromatic carbocycles. The molecule has 4 rings (SSSR count). The van der Waals surface area contributed by atoms with Crippen molar-refractivity contribution in [2.45, 2.75) is 38.0 Å². The van der Waals surface area contributed by atoms with Gasteiger partial charge in [0.1, 0.15) is 0 Å². The van der Waals surface area contributed by atoms with Gasteiger partial charge in [0.2, 0.25) is 0 Å². The molecule has 0 radical (unpaired) electrons. The number of carbonyl (C=O) groups is 1. The summed E-state index contributed by atoms with van der Waals surface area (Å²) in [5.41, 5.74) is 1.19. The summed E-state index contributed by atoms with van der Waals surface area (Å²) in [6, 6.07) is 10.7. The SMILES string of the molecule is CCOC(=O)C12C=CC(c3ccccc3)(CC1)CC2. The van der Waals surface area contributed by atoms with E-state index in [9.17, 15) is 4.79 Å². The van der Waals surface area contributed by atoms with Crippen LogP contribution in [0.4, 0.5) is 0 Å². The Balaban J connectivity index is 1.90. The molecule has 3 aliphatic carbocycles. The third kappa shape index (κ3) is 1.90. The van der Waals surface area contributed by atoms with Crippen molar-refractivity contribution in [1.29, 1.82) is 0 Å². The van der Waals surface area contributed by atoms with Gasteiger partial charge in [-0.25, -0.2) is 0 Å². The fourth-order valence-corrected chi connectivity index (χ4v) is 3.50. The average molecular weight is 256 g/mol. The second-order valence-electron chi connectivity index (χ2n) is 5.73. The van der Waals surface area contributed by atoms with Crippen LogP contribution >= 0.6 is 0 Å². The van der Waals surface area contributed by atoms with Gasteiger partial charge < -0.3 is 4.74 Å². The second-order valence-corrected chi connectivity index (χ2v) is 5.73. The van der Waals surface area contributed by atoms with Gasteiger partial charge in [0, 0.05) is 5.41 Å².